The maximum absolute atomic E-state index is 13.0. The van der Waals surface area contributed by atoms with E-state index in [0.29, 0.717) is 5.56 Å². The van der Waals surface area contributed by atoms with Gasteiger partial charge in [0, 0.05) is 29.6 Å². The standard InChI is InChI=1S/C27H24N4O6/c32-22-8-4-2-6-19(22)26(36)30-31-27(37)21(14-17-15-28-20-7-3-1-5-18(17)20)29-25(35)12-10-16-9-11-23(33)24(34)13-16/h1-13,15,21,28,32-34H,14H2,(H,29,35)(H,30,36)(H,31,37)/t21-/m0/s1. The molecule has 0 saturated carbocycles. The molecule has 0 saturated heterocycles. The predicted octanol–water partition coefficient (Wildman–Crippen LogP) is 2.49. The van der Waals surface area contributed by atoms with Crippen LogP contribution in [0, 0.1) is 0 Å². The molecule has 1 atom stereocenters. The topological polar surface area (TPSA) is 164 Å². The molecule has 4 aromatic rings. The summed E-state index contributed by atoms with van der Waals surface area (Å²) >= 11 is 0. The Morgan fingerprint density at radius 3 is 2.41 bits per heavy atom. The number of phenolic OH excluding ortho intramolecular Hbond substituents is 3. The van der Waals surface area contributed by atoms with Gasteiger partial charge in [0.25, 0.3) is 11.8 Å². The molecule has 3 amide bonds. The molecule has 4 rings (SSSR count). The lowest BCUT2D eigenvalue weighted by Gasteiger charge is -2.18. The van der Waals surface area contributed by atoms with Gasteiger partial charge < -0.3 is 25.6 Å². The highest BCUT2D eigenvalue weighted by Crippen LogP contribution is 2.25. The van der Waals surface area contributed by atoms with Crippen molar-refractivity contribution >= 4 is 34.7 Å². The van der Waals surface area contributed by atoms with Gasteiger partial charge in [0.15, 0.2) is 11.5 Å². The van der Waals surface area contributed by atoms with Crippen molar-refractivity contribution in [2.24, 2.45) is 0 Å². The maximum Gasteiger partial charge on any atom is 0.273 e. The van der Waals surface area contributed by atoms with E-state index in [-0.39, 0.29) is 29.2 Å². The molecule has 0 unspecified atom stereocenters. The van der Waals surface area contributed by atoms with Crippen molar-refractivity contribution in [2.45, 2.75) is 12.5 Å². The first kappa shape index (κ1) is 24.9. The van der Waals surface area contributed by atoms with E-state index < -0.39 is 23.8 Å². The molecule has 1 aromatic heterocycles. The second-order valence-corrected chi connectivity index (χ2v) is 8.17. The first-order chi connectivity index (χ1) is 17.8. The van der Waals surface area contributed by atoms with Gasteiger partial charge in [0.2, 0.25) is 5.91 Å². The van der Waals surface area contributed by atoms with Crippen molar-refractivity contribution in [3.8, 4) is 17.2 Å². The molecule has 7 N–H and O–H groups in total. The zero-order valence-electron chi connectivity index (χ0n) is 19.4. The van der Waals surface area contributed by atoms with E-state index in [1.165, 1.54) is 42.5 Å². The molecule has 1 heterocycles. The fourth-order valence-electron chi connectivity index (χ4n) is 3.70. The van der Waals surface area contributed by atoms with Crippen molar-refractivity contribution < 1.29 is 29.7 Å². The highest BCUT2D eigenvalue weighted by Gasteiger charge is 2.23. The summed E-state index contributed by atoms with van der Waals surface area (Å²) in [5, 5.41) is 32.4. The third-order valence-corrected chi connectivity index (χ3v) is 5.61. The second-order valence-electron chi connectivity index (χ2n) is 8.17. The Bertz CT molecular complexity index is 1490. The van der Waals surface area contributed by atoms with Gasteiger partial charge in [-0.25, -0.2) is 0 Å². The highest BCUT2D eigenvalue weighted by molar-refractivity contribution is 5.99. The van der Waals surface area contributed by atoms with E-state index in [4.69, 9.17) is 0 Å². The number of benzene rings is 3. The number of aromatic amines is 1. The Morgan fingerprint density at radius 1 is 0.865 bits per heavy atom. The Hall–Kier alpha value is -5.25. The molecule has 10 heteroatoms. The van der Waals surface area contributed by atoms with E-state index >= 15 is 0 Å². The summed E-state index contributed by atoms with van der Waals surface area (Å²) in [5.41, 5.74) is 6.62. The first-order valence-corrected chi connectivity index (χ1v) is 11.3. The predicted molar refractivity (Wildman–Crippen MR) is 136 cm³/mol. The van der Waals surface area contributed by atoms with Gasteiger partial charge in [-0.2, -0.15) is 0 Å². The van der Waals surface area contributed by atoms with Crippen LogP contribution in [0.5, 0.6) is 17.2 Å². The Kier molecular flexibility index (Phi) is 7.39. The van der Waals surface area contributed by atoms with Gasteiger partial charge in [-0.1, -0.05) is 36.4 Å². The average molecular weight is 501 g/mol. The number of H-pyrrole nitrogens is 1. The summed E-state index contributed by atoms with van der Waals surface area (Å²) in [6.07, 6.45) is 4.45. The number of hydrogen-bond acceptors (Lipinski definition) is 6. The molecule has 3 aromatic carbocycles. The van der Waals surface area contributed by atoms with E-state index in [9.17, 15) is 29.7 Å². The zero-order chi connectivity index (χ0) is 26.4. The monoisotopic (exact) mass is 500 g/mol. The van der Waals surface area contributed by atoms with Crippen LogP contribution in [0.3, 0.4) is 0 Å². The minimum absolute atomic E-state index is 0.0277. The summed E-state index contributed by atoms with van der Waals surface area (Å²) in [4.78, 5) is 41.2. The Morgan fingerprint density at radius 2 is 1.62 bits per heavy atom. The smallest absolute Gasteiger partial charge is 0.273 e. The molecule has 0 radical (unpaired) electrons. The van der Waals surface area contributed by atoms with Gasteiger partial charge in [-0.05, 0) is 47.5 Å². The number of aromatic nitrogens is 1. The summed E-state index contributed by atoms with van der Waals surface area (Å²) < 4.78 is 0. The van der Waals surface area contributed by atoms with Crippen LogP contribution in [-0.2, 0) is 16.0 Å². The molecule has 37 heavy (non-hydrogen) atoms. The van der Waals surface area contributed by atoms with E-state index in [1.54, 1.807) is 18.3 Å². The van der Waals surface area contributed by atoms with Crippen LogP contribution in [0.2, 0.25) is 0 Å². The maximum atomic E-state index is 13.0. The summed E-state index contributed by atoms with van der Waals surface area (Å²) in [6, 6.07) is 16.4. The number of hydrazine groups is 1. The number of fused-ring (bicyclic) bond motifs is 1. The van der Waals surface area contributed by atoms with Gasteiger partial charge in [-0.15, -0.1) is 0 Å². The Balaban J connectivity index is 1.49. The third kappa shape index (κ3) is 6.06. The quantitative estimate of drug-likeness (QED) is 0.117. The van der Waals surface area contributed by atoms with Crippen molar-refractivity contribution in [3.63, 3.8) is 0 Å². The highest BCUT2D eigenvalue weighted by atomic mass is 16.3. The van der Waals surface area contributed by atoms with Crippen molar-refractivity contribution in [3.05, 3.63) is 95.7 Å². The lowest BCUT2D eigenvalue weighted by atomic mass is 10.0. The van der Waals surface area contributed by atoms with Gasteiger partial charge >= 0.3 is 0 Å². The average Bonchev–Trinajstić information content (AvgIpc) is 3.30. The van der Waals surface area contributed by atoms with E-state index in [2.05, 4.69) is 21.2 Å². The molecule has 0 fully saturated rings. The molecule has 10 nitrogen and oxygen atoms in total. The van der Waals surface area contributed by atoms with Crippen LogP contribution in [0.4, 0.5) is 0 Å². The number of hydrogen-bond donors (Lipinski definition) is 7. The normalized spacial score (nSPS) is 11.8. The van der Waals surface area contributed by atoms with Gasteiger partial charge in [0.05, 0.1) is 5.56 Å². The number of amides is 3. The number of aromatic hydroxyl groups is 3. The molecule has 0 bridgehead atoms. The van der Waals surface area contributed by atoms with Crippen LogP contribution >= 0.6 is 0 Å². The summed E-state index contributed by atoms with van der Waals surface area (Å²) in [7, 11) is 0. The van der Waals surface area contributed by atoms with Crippen molar-refractivity contribution in [2.75, 3.05) is 0 Å². The second kappa shape index (κ2) is 11.0. The Labute approximate surface area is 211 Å². The van der Waals surface area contributed by atoms with Gasteiger partial charge in [-0.3, -0.25) is 25.2 Å². The fourth-order valence-corrected chi connectivity index (χ4v) is 3.70. The van der Waals surface area contributed by atoms with Crippen LogP contribution in [0.25, 0.3) is 17.0 Å². The number of para-hydroxylation sites is 2. The molecular weight excluding hydrogens is 476 g/mol. The zero-order valence-corrected chi connectivity index (χ0v) is 19.4. The minimum Gasteiger partial charge on any atom is -0.507 e. The molecule has 0 spiro atoms. The van der Waals surface area contributed by atoms with Crippen LogP contribution in [0.1, 0.15) is 21.5 Å². The van der Waals surface area contributed by atoms with Crippen LogP contribution < -0.4 is 16.2 Å². The number of nitrogens with one attached hydrogen (secondary N) is 4. The lowest BCUT2D eigenvalue weighted by molar-refractivity contribution is -0.127. The van der Waals surface area contributed by atoms with Gasteiger partial charge in [0.1, 0.15) is 11.8 Å². The fraction of sp³-hybridized carbons (Fsp3) is 0.0741. The molecule has 0 aliphatic carbocycles. The largest absolute Gasteiger partial charge is 0.507 e. The van der Waals surface area contributed by atoms with Crippen LogP contribution in [-0.4, -0.2) is 44.1 Å². The summed E-state index contributed by atoms with van der Waals surface area (Å²) in [6.45, 7) is 0. The van der Waals surface area contributed by atoms with E-state index in [0.717, 1.165) is 16.5 Å². The van der Waals surface area contributed by atoms with Crippen LogP contribution in [0.15, 0.2) is 79.0 Å². The minimum atomic E-state index is -1.07. The first-order valence-electron chi connectivity index (χ1n) is 11.3. The number of phenols is 3. The molecule has 0 aliphatic rings. The number of carbonyl (C=O) groups excluding carboxylic acids is 3. The third-order valence-electron chi connectivity index (χ3n) is 5.61. The summed E-state index contributed by atoms with van der Waals surface area (Å²) in [5.74, 6) is -2.88. The SMILES string of the molecule is O=C(C=Cc1ccc(O)c(O)c1)N[C@@H](Cc1c[nH]c2ccccc12)C(=O)NNC(=O)c1ccccc1O. The van der Waals surface area contributed by atoms with Crippen molar-refractivity contribution in [1.29, 1.82) is 0 Å². The van der Waals surface area contributed by atoms with E-state index in [1.807, 2.05) is 24.3 Å². The molecule has 188 valence electrons. The number of carbonyl (C=O) groups is 3. The number of rotatable bonds is 7. The lowest BCUT2D eigenvalue weighted by Crippen LogP contribution is -2.53. The molecular formula is C27H24N4O6. The molecule has 0 aliphatic heterocycles. The van der Waals surface area contributed by atoms with Crippen molar-refractivity contribution in [1.82, 2.24) is 21.2 Å².